The van der Waals surface area contributed by atoms with Gasteiger partial charge >= 0.3 is 0 Å². The molecule has 2 atom stereocenters. The number of aliphatic hydroxyl groups excluding tert-OH is 1. The predicted octanol–water partition coefficient (Wildman–Crippen LogP) is 0.663. The van der Waals surface area contributed by atoms with E-state index < -0.39 is 11.5 Å². The zero-order chi connectivity index (χ0) is 12.9. The van der Waals surface area contributed by atoms with Gasteiger partial charge in [0, 0.05) is 19.1 Å². The number of likely N-dealkylation sites (N-methyl/N-ethyl adjacent to an activating group) is 1. The Morgan fingerprint density at radius 2 is 2.29 bits per heavy atom. The van der Waals surface area contributed by atoms with Crippen molar-refractivity contribution in [3.8, 4) is 0 Å². The molecule has 0 bridgehead atoms. The van der Waals surface area contributed by atoms with E-state index in [9.17, 15) is 9.90 Å². The van der Waals surface area contributed by atoms with Gasteiger partial charge in [0.05, 0.1) is 6.61 Å². The van der Waals surface area contributed by atoms with Gasteiger partial charge in [0.25, 0.3) is 0 Å². The van der Waals surface area contributed by atoms with Crippen molar-refractivity contribution in [2.75, 3.05) is 20.3 Å². The number of ether oxygens (including phenoxy) is 2. The van der Waals surface area contributed by atoms with Gasteiger partial charge in [0.2, 0.25) is 5.91 Å². The van der Waals surface area contributed by atoms with Crippen molar-refractivity contribution in [2.45, 2.75) is 45.5 Å². The third-order valence-electron chi connectivity index (χ3n) is 3.03. The molecule has 100 valence electrons. The molecule has 1 fully saturated rings. The summed E-state index contributed by atoms with van der Waals surface area (Å²) in [4.78, 5) is 11.8. The maximum absolute atomic E-state index is 11.8. The number of nitrogens with one attached hydrogen (secondary N) is 1. The first-order valence-electron chi connectivity index (χ1n) is 6.11. The lowest BCUT2D eigenvalue weighted by molar-refractivity contribution is -0.212. The van der Waals surface area contributed by atoms with E-state index in [1.165, 1.54) is 0 Å². The van der Waals surface area contributed by atoms with Gasteiger partial charge in [0.15, 0.2) is 6.29 Å². The highest BCUT2D eigenvalue weighted by atomic mass is 16.7. The number of hydrogen-bond acceptors (Lipinski definition) is 4. The molecule has 1 aliphatic heterocycles. The average molecular weight is 245 g/mol. The van der Waals surface area contributed by atoms with Crippen LogP contribution in [-0.2, 0) is 14.3 Å². The van der Waals surface area contributed by atoms with Gasteiger partial charge in [-0.15, -0.1) is 0 Å². The van der Waals surface area contributed by atoms with E-state index in [1.807, 2.05) is 0 Å². The normalized spacial score (nSPS) is 23.2. The Bertz CT molecular complexity index is 249. The number of rotatable bonds is 5. The van der Waals surface area contributed by atoms with E-state index in [1.54, 1.807) is 20.9 Å². The van der Waals surface area contributed by atoms with Gasteiger partial charge in [-0.3, -0.25) is 4.79 Å². The smallest absolute Gasteiger partial charge is 0.249 e. The van der Waals surface area contributed by atoms with Crippen LogP contribution in [0.2, 0.25) is 0 Å². The van der Waals surface area contributed by atoms with Gasteiger partial charge in [-0.1, -0.05) is 13.8 Å². The second-order valence-electron chi connectivity index (χ2n) is 5.07. The van der Waals surface area contributed by atoms with E-state index in [0.717, 1.165) is 19.3 Å². The van der Waals surface area contributed by atoms with E-state index >= 15 is 0 Å². The lowest BCUT2D eigenvalue weighted by Gasteiger charge is -2.35. The predicted molar refractivity (Wildman–Crippen MR) is 63.4 cm³/mol. The van der Waals surface area contributed by atoms with Gasteiger partial charge < -0.3 is 19.9 Å². The highest BCUT2D eigenvalue weighted by Gasteiger charge is 2.37. The van der Waals surface area contributed by atoms with Crippen LogP contribution in [0.1, 0.15) is 33.1 Å². The van der Waals surface area contributed by atoms with Gasteiger partial charge in [-0.05, 0) is 19.3 Å². The molecule has 1 rings (SSSR count). The summed E-state index contributed by atoms with van der Waals surface area (Å²) in [5, 5.41) is 11.9. The molecule has 0 saturated carbocycles. The average Bonchev–Trinajstić information content (AvgIpc) is 2.36. The van der Waals surface area contributed by atoms with Crippen LogP contribution in [0.5, 0.6) is 0 Å². The topological polar surface area (TPSA) is 67.8 Å². The largest absolute Gasteiger partial charge is 0.396 e. The van der Waals surface area contributed by atoms with Gasteiger partial charge in [0.1, 0.15) is 6.10 Å². The molecule has 0 aromatic rings. The molecular formula is C12H23NO4. The van der Waals surface area contributed by atoms with Crippen molar-refractivity contribution in [3.63, 3.8) is 0 Å². The number of aliphatic hydroxyl groups is 1. The van der Waals surface area contributed by atoms with Crippen LogP contribution in [0.25, 0.3) is 0 Å². The second kappa shape index (κ2) is 6.33. The molecule has 2 N–H and O–H groups in total. The SMILES string of the molecule is CNC(=O)[C@H](OC1CCCCO1)C(C)(C)CO. The summed E-state index contributed by atoms with van der Waals surface area (Å²) in [5.74, 6) is -0.224. The third kappa shape index (κ3) is 3.94. The van der Waals surface area contributed by atoms with Crippen molar-refractivity contribution in [3.05, 3.63) is 0 Å². The van der Waals surface area contributed by atoms with Crippen molar-refractivity contribution < 1.29 is 19.4 Å². The summed E-state index contributed by atoms with van der Waals surface area (Å²) in [6.07, 6.45) is 1.85. The molecular weight excluding hydrogens is 222 g/mol. The molecule has 1 amide bonds. The Kier molecular flexibility index (Phi) is 5.36. The summed E-state index contributed by atoms with van der Waals surface area (Å²) in [6.45, 7) is 4.16. The summed E-state index contributed by atoms with van der Waals surface area (Å²) in [5.41, 5.74) is -0.624. The number of amides is 1. The first kappa shape index (κ1) is 14.4. The molecule has 0 spiro atoms. The minimum Gasteiger partial charge on any atom is -0.396 e. The van der Waals surface area contributed by atoms with E-state index in [0.29, 0.717) is 6.61 Å². The van der Waals surface area contributed by atoms with E-state index in [2.05, 4.69) is 5.32 Å². The van der Waals surface area contributed by atoms with Crippen LogP contribution in [0, 0.1) is 5.41 Å². The Balaban J connectivity index is 2.66. The van der Waals surface area contributed by atoms with Crippen molar-refractivity contribution in [2.24, 2.45) is 5.41 Å². The molecule has 1 saturated heterocycles. The molecule has 0 aromatic heterocycles. The lowest BCUT2D eigenvalue weighted by Crippen LogP contribution is -2.48. The maximum Gasteiger partial charge on any atom is 0.249 e. The summed E-state index contributed by atoms with van der Waals surface area (Å²) < 4.78 is 11.2. The number of carbonyl (C=O) groups excluding carboxylic acids is 1. The molecule has 1 unspecified atom stereocenters. The number of carbonyl (C=O) groups is 1. The van der Waals surface area contributed by atoms with Crippen molar-refractivity contribution in [1.29, 1.82) is 0 Å². The molecule has 0 radical (unpaired) electrons. The van der Waals surface area contributed by atoms with Gasteiger partial charge in [-0.25, -0.2) is 0 Å². The maximum atomic E-state index is 11.8. The number of hydrogen-bond donors (Lipinski definition) is 2. The second-order valence-corrected chi connectivity index (χ2v) is 5.07. The molecule has 5 heteroatoms. The van der Waals surface area contributed by atoms with Crippen molar-refractivity contribution >= 4 is 5.91 Å². The van der Waals surface area contributed by atoms with Crippen LogP contribution in [0.4, 0.5) is 0 Å². The molecule has 0 aliphatic carbocycles. The molecule has 0 aromatic carbocycles. The summed E-state index contributed by atoms with van der Waals surface area (Å²) in [7, 11) is 1.56. The first-order chi connectivity index (χ1) is 8.01. The highest BCUT2D eigenvalue weighted by Crippen LogP contribution is 2.26. The van der Waals surface area contributed by atoms with Crippen LogP contribution in [0.15, 0.2) is 0 Å². The highest BCUT2D eigenvalue weighted by molar-refractivity contribution is 5.81. The Morgan fingerprint density at radius 1 is 1.59 bits per heavy atom. The minimum absolute atomic E-state index is 0.113. The standard InChI is InChI=1S/C12H23NO4/c1-12(2,8-14)10(11(15)13-3)17-9-6-4-5-7-16-9/h9-10,14H,4-8H2,1-3H3,(H,13,15)/t9?,10-/m0/s1. The fourth-order valence-electron chi connectivity index (χ4n) is 1.79. The van der Waals surface area contributed by atoms with E-state index in [-0.39, 0.29) is 18.8 Å². The monoisotopic (exact) mass is 245 g/mol. The fraction of sp³-hybridized carbons (Fsp3) is 0.917. The Hall–Kier alpha value is -0.650. The summed E-state index contributed by atoms with van der Waals surface area (Å²) >= 11 is 0. The zero-order valence-corrected chi connectivity index (χ0v) is 10.9. The summed E-state index contributed by atoms with van der Waals surface area (Å²) in [6, 6.07) is 0. The molecule has 5 nitrogen and oxygen atoms in total. The molecule has 1 heterocycles. The van der Waals surface area contributed by atoms with E-state index in [4.69, 9.17) is 9.47 Å². The van der Waals surface area contributed by atoms with Crippen LogP contribution in [-0.4, -0.2) is 43.7 Å². The minimum atomic E-state index is -0.694. The zero-order valence-electron chi connectivity index (χ0n) is 10.9. The molecule has 17 heavy (non-hydrogen) atoms. The Labute approximate surface area is 102 Å². The third-order valence-corrected chi connectivity index (χ3v) is 3.03. The lowest BCUT2D eigenvalue weighted by atomic mass is 9.86. The van der Waals surface area contributed by atoms with Crippen LogP contribution >= 0.6 is 0 Å². The van der Waals surface area contributed by atoms with Crippen molar-refractivity contribution in [1.82, 2.24) is 5.32 Å². The fourth-order valence-corrected chi connectivity index (χ4v) is 1.79. The molecule has 1 aliphatic rings. The Morgan fingerprint density at radius 3 is 2.76 bits per heavy atom. The van der Waals surface area contributed by atoms with Crippen LogP contribution < -0.4 is 5.32 Å². The van der Waals surface area contributed by atoms with Gasteiger partial charge in [-0.2, -0.15) is 0 Å². The van der Waals surface area contributed by atoms with Crippen LogP contribution in [0.3, 0.4) is 0 Å². The first-order valence-corrected chi connectivity index (χ1v) is 6.11. The quantitative estimate of drug-likeness (QED) is 0.747.